The Balaban J connectivity index is 1.54. The SMILES string of the molecule is COCCN1CCC(CNC(=O)c2c(C)[nH]c3ccccc23)CC1. The fourth-order valence-electron chi connectivity index (χ4n) is 3.53. The van der Waals surface area contributed by atoms with E-state index in [0.717, 1.165) is 67.8 Å². The molecule has 2 N–H and O–H groups in total. The van der Waals surface area contributed by atoms with Crippen LogP contribution in [0.25, 0.3) is 10.9 Å². The third kappa shape index (κ3) is 3.79. The smallest absolute Gasteiger partial charge is 0.253 e. The van der Waals surface area contributed by atoms with Crippen LogP contribution < -0.4 is 5.32 Å². The second kappa shape index (κ2) is 7.81. The Labute approximate surface area is 143 Å². The van der Waals surface area contributed by atoms with E-state index < -0.39 is 0 Å². The van der Waals surface area contributed by atoms with Gasteiger partial charge in [-0.05, 0) is 44.8 Å². The second-order valence-electron chi connectivity index (χ2n) is 6.66. The number of rotatable bonds is 6. The summed E-state index contributed by atoms with van der Waals surface area (Å²) in [5.74, 6) is 0.602. The molecule has 0 radical (unpaired) electrons. The van der Waals surface area contributed by atoms with E-state index in [1.165, 1.54) is 0 Å². The Morgan fingerprint density at radius 3 is 2.83 bits per heavy atom. The van der Waals surface area contributed by atoms with Gasteiger partial charge in [-0.15, -0.1) is 0 Å². The van der Waals surface area contributed by atoms with Gasteiger partial charge in [0, 0.05) is 36.8 Å². The monoisotopic (exact) mass is 329 g/mol. The Kier molecular flexibility index (Phi) is 5.53. The van der Waals surface area contributed by atoms with Crippen molar-refractivity contribution in [1.29, 1.82) is 0 Å². The third-order valence-electron chi connectivity index (χ3n) is 4.99. The second-order valence-corrected chi connectivity index (χ2v) is 6.66. The van der Waals surface area contributed by atoms with Crippen molar-refractivity contribution in [3.05, 3.63) is 35.5 Å². The number of H-pyrrole nitrogens is 1. The summed E-state index contributed by atoms with van der Waals surface area (Å²) in [6.45, 7) is 6.70. The molecule has 1 aliphatic rings. The molecule has 0 unspecified atom stereocenters. The topological polar surface area (TPSA) is 57.4 Å². The van der Waals surface area contributed by atoms with Crippen LogP contribution in [-0.2, 0) is 4.74 Å². The lowest BCUT2D eigenvalue weighted by atomic mass is 9.96. The number of piperidine rings is 1. The minimum absolute atomic E-state index is 0.0340. The molecule has 5 heteroatoms. The largest absolute Gasteiger partial charge is 0.383 e. The van der Waals surface area contributed by atoms with Crippen LogP contribution in [0.15, 0.2) is 24.3 Å². The number of methoxy groups -OCH3 is 1. The van der Waals surface area contributed by atoms with Gasteiger partial charge in [0.25, 0.3) is 5.91 Å². The van der Waals surface area contributed by atoms with Crippen LogP contribution in [0.2, 0.25) is 0 Å². The molecule has 24 heavy (non-hydrogen) atoms. The van der Waals surface area contributed by atoms with Crippen molar-refractivity contribution in [1.82, 2.24) is 15.2 Å². The molecule has 1 amide bonds. The predicted octanol–water partition coefficient (Wildman–Crippen LogP) is 2.56. The third-order valence-corrected chi connectivity index (χ3v) is 4.99. The van der Waals surface area contributed by atoms with Gasteiger partial charge in [0.2, 0.25) is 0 Å². The standard InChI is InChI=1S/C19H27N3O2/c1-14-18(16-5-3-4-6-17(16)21-14)19(23)20-13-15-7-9-22(10-8-15)11-12-24-2/h3-6,15,21H,7-13H2,1-2H3,(H,20,23). The number of amides is 1. The summed E-state index contributed by atoms with van der Waals surface area (Å²) in [4.78, 5) is 18.4. The number of para-hydroxylation sites is 1. The zero-order valence-corrected chi connectivity index (χ0v) is 14.6. The molecular formula is C19H27N3O2. The molecule has 3 rings (SSSR count). The highest BCUT2D eigenvalue weighted by atomic mass is 16.5. The van der Waals surface area contributed by atoms with Crippen LogP contribution in [0, 0.1) is 12.8 Å². The number of aromatic nitrogens is 1. The summed E-state index contributed by atoms with van der Waals surface area (Å²) < 4.78 is 5.14. The number of likely N-dealkylation sites (tertiary alicyclic amines) is 1. The number of nitrogens with zero attached hydrogens (tertiary/aromatic N) is 1. The first-order valence-corrected chi connectivity index (χ1v) is 8.76. The van der Waals surface area contributed by atoms with Crippen molar-refractivity contribution in [2.24, 2.45) is 5.92 Å². The summed E-state index contributed by atoms with van der Waals surface area (Å²) in [5.41, 5.74) is 2.73. The zero-order chi connectivity index (χ0) is 16.9. The van der Waals surface area contributed by atoms with E-state index in [1.807, 2.05) is 31.2 Å². The number of fused-ring (bicyclic) bond motifs is 1. The summed E-state index contributed by atoms with van der Waals surface area (Å²) in [5, 5.41) is 4.15. The predicted molar refractivity (Wildman–Crippen MR) is 96.4 cm³/mol. The first-order chi connectivity index (χ1) is 11.7. The van der Waals surface area contributed by atoms with E-state index in [0.29, 0.717) is 5.92 Å². The number of carbonyl (C=O) groups excluding carboxylic acids is 1. The fraction of sp³-hybridized carbons (Fsp3) is 0.526. The summed E-state index contributed by atoms with van der Waals surface area (Å²) in [7, 11) is 1.75. The molecule has 1 aromatic heterocycles. The minimum atomic E-state index is 0.0340. The molecule has 0 spiro atoms. The Morgan fingerprint density at radius 2 is 2.08 bits per heavy atom. The maximum absolute atomic E-state index is 12.6. The van der Waals surface area contributed by atoms with Crippen molar-refractivity contribution in [2.45, 2.75) is 19.8 Å². The maximum Gasteiger partial charge on any atom is 0.253 e. The number of hydrogen-bond donors (Lipinski definition) is 2. The molecule has 1 fully saturated rings. The van der Waals surface area contributed by atoms with E-state index in [1.54, 1.807) is 7.11 Å². The Morgan fingerprint density at radius 1 is 1.33 bits per heavy atom. The van der Waals surface area contributed by atoms with Crippen LogP contribution in [-0.4, -0.2) is 55.7 Å². The number of hydrogen-bond acceptors (Lipinski definition) is 3. The number of aromatic amines is 1. The fourth-order valence-corrected chi connectivity index (χ4v) is 3.53. The number of aryl methyl sites for hydroxylation is 1. The molecule has 0 saturated carbocycles. The summed E-state index contributed by atoms with van der Waals surface area (Å²) in [6, 6.07) is 7.97. The molecule has 0 aliphatic carbocycles. The van der Waals surface area contributed by atoms with Crippen LogP contribution in [0.1, 0.15) is 28.9 Å². The van der Waals surface area contributed by atoms with Gasteiger partial charge in [-0.1, -0.05) is 18.2 Å². The van der Waals surface area contributed by atoms with E-state index in [9.17, 15) is 4.79 Å². The number of ether oxygens (including phenoxy) is 1. The molecule has 1 aromatic carbocycles. The highest BCUT2D eigenvalue weighted by molar-refractivity contribution is 6.08. The highest BCUT2D eigenvalue weighted by Crippen LogP contribution is 2.22. The van der Waals surface area contributed by atoms with Gasteiger partial charge in [-0.3, -0.25) is 4.79 Å². The number of benzene rings is 1. The average molecular weight is 329 g/mol. The lowest BCUT2D eigenvalue weighted by Gasteiger charge is -2.31. The zero-order valence-electron chi connectivity index (χ0n) is 14.6. The molecule has 2 heterocycles. The lowest BCUT2D eigenvalue weighted by Crippen LogP contribution is -2.39. The molecule has 1 saturated heterocycles. The highest BCUT2D eigenvalue weighted by Gasteiger charge is 2.21. The van der Waals surface area contributed by atoms with Gasteiger partial charge >= 0.3 is 0 Å². The van der Waals surface area contributed by atoms with Gasteiger partial charge in [0.15, 0.2) is 0 Å². The summed E-state index contributed by atoms with van der Waals surface area (Å²) >= 11 is 0. The summed E-state index contributed by atoms with van der Waals surface area (Å²) in [6.07, 6.45) is 2.27. The molecular weight excluding hydrogens is 302 g/mol. The van der Waals surface area contributed by atoms with E-state index in [-0.39, 0.29) is 5.91 Å². The van der Waals surface area contributed by atoms with Crippen LogP contribution in [0.5, 0.6) is 0 Å². The molecule has 5 nitrogen and oxygen atoms in total. The van der Waals surface area contributed by atoms with Gasteiger partial charge in [0.1, 0.15) is 0 Å². The number of carbonyl (C=O) groups is 1. The van der Waals surface area contributed by atoms with E-state index >= 15 is 0 Å². The first-order valence-electron chi connectivity index (χ1n) is 8.76. The number of nitrogens with one attached hydrogen (secondary N) is 2. The Bertz CT molecular complexity index is 687. The quantitative estimate of drug-likeness (QED) is 0.856. The average Bonchev–Trinajstić information content (AvgIpc) is 2.94. The Hall–Kier alpha value is -1.85. The molecule has 0 atom stereocenters. The van der Waals surface area contributed by atoms with Crippen molar-refractivity contribution >= 4 is 16.8 Å². The van der Waals surface area contributed by atoms with E-state index in [2.05, 4.69) is 15.2 Å². The van der Waals surface area contributed by atoms with Crippen LogP contribution >= 0.6 is 0 Å². The first kappa shape index (κ1) is 17.0. The maximum atomic E-state index is 12.6. The van der Waals surface area contributed by atoms with Gasteiger partial charge < -0.3 is 19.9 Å². The molecule has 2 aromatic rings. The van der Waals surface area contributed by atoms with Crippen molar-refractivity contribution in [3.8, 4) is 0 Å². The van der Waals surface area contributed by atoms with E-state index in [4.69, 9.17) is 4.74 Å². The normalized spacial score (nSPS) is 16.6. The lowest BCUT2D eigenvalue weighted by molar-refractivity contribution is 0.0927. The van der Waals surface area contributed by atoms with Crippen molar-refractivity contribution in [3.63, 3.8) is 0 Å². The van der Waals surface area contributed by atoms with Crippen molar-refractivity contribution < 1.29 is 9.53 Å². The minimum Gasteiger partial charge on any atom is -0.383 e. The van der Waals surface area contributed by atoms with Gasteiger partial charge in [0.05, 0.1) is 12.2 Å². The van der Waals surface area contributed by atoms with Gasteiger partial charge in [-0.2, -0.15) is 0 Å². The van der Waals surface area contributed by atoms with Crippen LogP contribution in [0.4, 0.5) is 0 Å². The molecule has 0 bridgehead atoms. The van der Waals surface area contributed by atoms with Crippen LogP contribution in [0.3, 0.4) is 0 Å². The molecule has 130 valence electrons. The van der Waals surface area contributed by atoms with Crippen molar-refractivity contribution in [2.75, 3.05) is 39.9 Å². The van der Waals surface area contributed by atoms with Gasteiger partial charge in [-0.25, -0.2) is 0 Å². The molecule has 1 aliphatic heterocycles.